The van der Waals surface area contributed by atoms with Gasteiger partial charge in [-0.15, -0.1) is 0 Å². The van der Waals surface area contributed by atoms with E-state index in [1.54, 1.807) is 0 Å². The molecule has 0 bridgehead atoms. The standard InChI is InChI=1S/C15H35NS.2HI/c1-6-12-16(8-3,13-7-2)14-10-11-15-17(5)9-4;;/h6-15H2,1-5H3;2*1H/q+2;;/p-2. The van der Waals surface area contributed by atoms with Gasteiger partial charge in [0.15, 0.2) is 0 Å². The summed E-state index contributed by atoms with van der Waals surface area (Å²) in [5, 5.41) is 0. The zero-order chi connectivity index (χ0) is 13.1. The maximum atomic E-state index is 2.42. The Labute approximate surface area is 159 Å². The Hall–Kier alpha value is 1.77. The van der Waals surface area contributed by atoms with Crippen molar-refractivity contribution < 1.29 is 52.4 Å². The summed E-state index contributed by atoms with van der Waals surface area (Å²) in [6.07, 6.45) is 7.97. The summed E-state index contributed by atoms with van der Waals surface area (Å²) in [5.41, 5.74) is 0. The summed E-state index contributed by atoms with van der Waals surface area (Å²) in [7, 11) is 0.678. The highest BCUT2D eigenvalue weighted by atomic mass is 127. The Morgan fingerprint density at radius 2 is 1.32 bits per heavy atom. The molecule has 0 spiro atoms. The van der Waals surface area contributed by atoms with Gasteiger partial charge in [-0.1, -0.05) is 13.8 Å². The van der Waals surface area contributed by atoms with E-state index in [0.29, 0.717) is 10.9 Å². The van der Waals surface area contributed by atoms with E-state index in [1.165, 1.54) is 67.9 Å². The average molecular weight is 515 g/mol. The van der Waals surface area contributed by atoms with Gasteiger partial charge in [0.2, 0.25) is 0 Å². The van der Waals surface area contributed by atoms with Gasteiger partial charge in [-0.05, 0) is 44.0 Å². The molecule has 0 rings (SSSR count). The fraction of sp³-hybridized carbons (Fsp3) is 1.00. The quantitative estimate of drug-likeness (QED) is 0.126. The van der Waals surface area contributed by atoms with Crippen molar-refractivity contribution in [3.8, 4) is 0 Å². The number of unbranched alkanes of at least 4 members (excludes halogenated alkanes) is 1. The van der Waals surface area contributed by atoms with E-state index in [-0.39, 0.29) is 48.0 Å². The normalized spacial score (nSPS) is 12.5. The zero-order valence-corrected chi connectivity index (χ0v) is 18.8. The van der Waals surface area contributed by atoms with Crippen molar-refractivity contribution in [2.45, 2.75) is 53.4 Å². The monoisotopic (exact) mass is 515 g/mol. The van der Waals surface area contributed by atoms with E-state index >= 15 is 0 Å². The summed E-state index contributed by atoms with van der Waals surface area (Å²) >= 11 is 0. The Balaban J connectivity index is -0.00000128. The molecule has 0 aliphatic carbocycles. The Morgan fingerprint density at radius 1 is 0.789 bits per heavy atom. The van der Waals surface area contributed by atoms with Gasteiger partial charge in [0.1, 0.15) is 11.5 Å². The molecular weight excluding hydrogens is 480 g/mol. The number of hydrogen-bond acceptors (Lipinski definition) is 0. The van der Waals surface area contributed by atoms with Crippen LogP contribution in [0.1, 0.15) is 53.4 Å². The number of halogens is 2. The molecular formula is C15H35I2NS. The number of rotatable bonds is 11. The highest BCUT2D eigenvalue weighted by Crippen LogP contribution is 2.12. The Bertz CT molecular complexity index is 174. The maximum Gasteiger partial charge on any atom is 0.108 e. The van der Waals surface area contributed by atoms with Crippen LogP contribution in [0.3, 0.4) is 0 Å². The van der Waals surface area contributed by atoms with Crippen molar-refractivity contribution in [1.29, 1.82) is 0 Å². The lowest BCUT2D eigenvalue weighted by Crippen LogP contribution is -3.00. The Kier molecular flexibility index (Phi) is 21.8. The summed E-state index contributed by atoms with van der Waals surface area (Å²) in [6, 6.07) is 0. The molecule has 0 heterocycles. The minimum atomic E-state index is 0. The number of nitrogens with zero attached hydrogens (tertiary/aromatic N) is 1. The van der Waals surface area contributed by atoms with Crippen LogP contribution >= 0.6 is 0 Å². The molecule has 120 valence electrons. The van der Waals surface area contributed by atoms with Crippen molar-refractivity contribution in [2.24, 2.45) is 0 Å². The number of quaternary nitrogens is 1. The lowest BCUT2D eigenvalue weighted by atomic mass is 10.2. The summed E-state index contributed by atoms with van der Waals surface area (Å²) in [5.74, 6) is 2.83. The van der Waals surface area contributed by atoms with Crippen LogP contribution < -0.4 is 48.0 Å². The molecule has 1 unspecified atom stereocenters. The summed E-state index contributed by atoms with van der Waals surface area (Å²) < 4.78 is 1.37. The van der Waals surface area contributed by atoms with Gasteiger partial charge in [-0.2, -0.15) is 0 Å². The van der Waals surface area contributed by atoms with Crippen LogP contribution in [-0.4, -0.2) is 48.4 Å². The van der Waals surface area contributed by atoms with E-state index in [1.807, 2.05) is 0 Å². The topological polar surface area (TPSA) is 0 Å². The molecule has 0 radical (unpaired) electrons. The fourth-order valence-electron chi connectivity index (χ4n) is 2.70. The second-order valence-corrected chi connectivity index (χ2v) is 7.86. The highest BCUT2D eigenvalue weighted by Gasteiger charge is 2.22. The molecule has 0 aromatic heterocycles. The summed E-state index contributed by atoms with van der Waals surface area (Å²) in [6.45, 7) is 14.9. The van der Waals surface area contributed by atoms with Crippen molar-refractivity contribution in [3.63, 3.8) is 0 Å². The smallest absolute Gasteiger partial charge is 0.108 e. The van der Waals surface area contributed by atoms with E-state index in [9.17, 15) is 0 Å². The first kappa shape index (κ1) is 25.7. The zero-order valence-electron chi connectivity index (χ0n) is 13.7. The molecule has 4 heteroatoms. The van der Waals surface area contributed by atoms with Crippen LogP contribution in [0.2, 0.25) is 0 Å². The van der Waals surface area contributed by atoms with E-state index in [0.717, 1.165) is 0 Å². The third kappa shape index (κ3) is 12.0. The first-order valence-electron chi connectivity index (χ1n) is 7.58. The van der Waals surface area contributed by atoms with Crippen LogP contribution in [0.15, 0.2) is 0 Å². The largest absolute Gasteiger partial charge is 1.00 e. The van der Waals surface area contributed by atoms with Crippen molar-refractivity contribution in [2.75, 3.05) is 43.9 Å². The molecule has 0 saturated heterocycles. The number of hydrogen-bond donors (Lipinski definition) is 0. The highest BCUT2D eigenvalue weighted by molar-refractivity contribution is 7.96. The van der Waals surface area contributed by atoms with E-state index < -0.39 is 0 Å². The lowest BCUT2D eigenvalue weighted by Gasteiger charge is -2.37. The minimum Gasteiger partial charge on any atom is -1.00 e. The van der Waals surface area contributed by atoms with Gasteiger partial charge < -0.3 is 52.4 Å². The predicted molar refractivity (Wildman–Crippen MR) is 83.9 cm³/mol. The predicted octanol–water partition coefficient (Wildman–Crippen LogP) is -2.30. The molecule has 0 aromatic rings. The summed E-state index contributed by atoms with van der Waals surface area (Å²) in [4.78, 5) is 0. The van der Waals surface area contributed by atoms with Crippen LogP contribution in [0.5, 0.6) is 0 Å². The molecule has 0 amide bonds. The maximum absolute atomic E-state index is 2.42. The molecule has 0 fully saturated rings. The minimum absolute atomic E-state index is 0. The molecule has 0 aliphatic heterocycles. The molecule has 0 aliphatic rings. The second kappa shape index (κ2) is 16.1. The molecule has 0 N–H and O–H groups in total. The molecule has 19 heavy (non-hydrogen) atoms. The van der Waals surface area contributed by atoms with Gasteiger partial charge in [-0.3, -0.25) is 0 Å². The fourth-order valence-corrected chi connectivity index (χ4v) is 3.68. The van der Waals surface area contributed by atoms with Crippen LogP contribution in [-0.2, 0) is 10.9 Å². The second-order valence-electron chi connectivity index (χ2n) is 5.31. The van der Waals surface area contributed by atoms with Crippen molar-refractivity contribution in [1.82, 2.24) is 0 Å². The van der Waals surface area contributed by atoms with Gasteiger partial charge in [0, 0.05) is 6.42 Å². The van der Waals surface area contributed by atoms with Crippen LogP contribution in [0, 0.1) is 0 Å². The molecule has 0 saturated carbocycles. The van der Waals surface area contributed by atoms with Crippen LogP contribution in [0.25, 0.3) is 0 Å². The van der Waals surface area contributed by atoms with Gasteiger partial charge >= 0.3 is 0 Å². The van der Waals surface area contributed by atoms with Gasteiger partial charge in [0.25, 0.3) is 0 Å². The van der Waals surface area contributed by atoms with Crippen molar-refractivity contribution in [3.05, 3.63) is 0 Å². The third-order valence-corrected chi connectivity index (χ3v) is 5.91. The molecule has 1 atom stereocenters. The van der Waals surface area contributed by atoms with E-state index in [2.05, 4.69) is 34.0 Å². The molecule has 0 aromatic carbocycles. The van der Waals surface area contributed by atoms with Crippen LogP contribution in [0.4, 0.5) is 0 Å². The third-order valence-electron chi connectivity index (χ3n) is 3.93. The Morgan fingerprint density at radius 3 is 1.68 bits per heavy atom. The van der Waals surface area contributed by atoms with Gasteiger partial charge in [-0.25, -0.2) is 0 Å². The average Bonchev–Trinajstić information content (AvgIpc) is 2.34. The first-order chi connectivity index (χ1) is 8.14. The molecule has 1 nitrogen and oxygen atoms in total. The first-order valence-corrected chi connectivity index (χ1v) is 9.55. The van der Waals surface area contributed by atoms with E-state index in [4.69, 9.17) is 0 Å². The lowest BCUT2D eigenvalue weighted by molar-refractivity contribution is -0.926. The van der Waals surface area contributed by atoms with Gasteiger partial charge in [0.05, 0.1) is 32.4 Å². The van der Waals surface area contributed by atoms with Crippen molar-refractivity contribution >= 4 is 10.9 Å². The SMILES string of the molecule is CCC[N+](CC)(CCC)CCCC[S+](C)CC.[I-].[I-].